The molecule has 0 aliphatic carbocycles. The van der Waals surface area contributed by atoms with E-state index in [2.05, 4.69) is 10.9 Å². The lowest BCUT2D eigenvalue weighted by atomic mass is 9.94. The van der Waals surface area contributed by atoms with Crippen LogP contribution in [0.1, 0.15) is 22.3 Å². The fraction of sp³-hybridized carbons (Fsp3) is 0.500. The second-order valence-corrected chi connectivity index (χ2v) is 4.69. The van der Waals surface area contributed by atoms with Gasteiger partial charge in [-0.15, -0.1) is 0 Å². The number of amides is 1. The molecule has 4 N–H and O–H groups in total. The zero-order chi connectivity index (χ0) is 14.6. The van der Waals surface area contributed by atoms with Crippen LogP contribution in [0, 0.1) is 20.8 Å². The molecule has 1 rings (SSSR count). The van der Waals surface area contributed by atoms with Crippen LogP contribution in [-0.2, 0) is 11.2 Å². The van der Waals surface area contributed by atoms with Crippen molar-refractivity contribution in [2.24, 2.45) is 5.73 Å². The Morgan fingerprint density at radius 1 is 1.37 bits per heavy atom. The van der Waals surface area contributed by atoms with Gasteiger partial charge in [0.15, 0.2) is 0 Å². The van der Waals surface area contributed by atoms with E-state index in [1.807, 2.05) is 26.8 Å². The van der Waals surface area contributed by atoms with Gasteiger partial charge in [-0.3, -0.25) is 10.2 Å². The fourth-order valence-corrected chi connectivity index (χ4v) is 2.21. The number of ether oxygens (including phenoxy) is 1. The fourth-order valence-electron chi connectivity index (χ4n) is 2.21. The molecule has 0 heterocycles. The molecule has 1 unspecified atom stereocenters. The highest BCUT2D eigenvalue weighted by atomic mass is 16.5. The number of carbonyl (C=O) groups excluding carboxylic acids is 1. The third-order valence-electron chi connectivity index (χ3n) is 3.36. The maximum Gasteiger partial charge on any atom is 0.251 e. The average molecular weight is 265 g/mol. The standard InChI is InChI=1S/C14H23N3O2/c1-8-6-11(7-12(15)14(18)17-16-4)9(2)10(3)13(8)19-5/h6,12,16H,7,15H2,1-5H3,(H,17,18). The van der Waals surface area contributed by atoms with Crippen LogP contribution in [0.3, 0.4) is 0 Å². The zero-order valence-corrected chi connectivity index (χ0v) is 12.3. The summed E-state index contributed by atoms with van der Waals surface area (Å²) >= 11 is 0. The summed E-state index contributed by atoms with van der Waals surface area (Å²) < 4.78 is 5.38. The van der Waals surface area contributed by atoms with Gasteiger partial charge in [-0.05, 0) is 49.4 Å². The molecular formula is C14H23N3O2. The van der Waals surface area contributed by atoms with Gasteiger partial charge in [-0.2, -0.15) is 0 Å². The van der Waals surface area contributed by atoms with Crippen molar-refractivity contribution in [2.75, 3.05) is 14.2 Å². The van der Waals surface area contributed by atoms with Crippen molar-refractivity contribution >= 4 is 5.91 Å². The normalized spacial score (nSPS) is 12.1. The van der Waals surface area contributed by atoms with Gasteiger partial charge in [0.05, 0.1) is 13.2 Å². The van der Waals surface area contributed by atoms with E-state index in [9.17, 15) is 4.79 Å². The van der Waals surface area contributed by atoms with Gasteiger partial charge in [0.1, 0.15) is 5.75 Å². The van der Waals surface area contributed by atoms with E-state index in [0.717, 1.165) is 28.0 Å². The van der Waals surface area contributed by atoms with Crippen LogP contribution in [0.15, 0.2) is 6.07 Å². The molecule has 0 aliphatic rings. The van der Waals surface area contributed by atoms with Gasteiger partial charge >= 0.3 is 0 Å². The summed E-state index contributed by atoms with van der Waals surface area (Å²) in [6.45, 7) is 6.03. The molecule has 106 valence electrons. The first-order valence-corrected chi connectivity index (χ1v) is 6.28. The van der Waals surface area contributed by atoms with Crippen LogP contribution in [0.25, 0.3) is 0 Å². The third kappa shape index (κ3) is 3.45. The number of nitrogens with two attached hydrogens (primary N) is 1. The third-order valence-corrected chi connectivity index (χ3v) is 3.36. The number of aryl methyl sites for hydroxylation is 1. The van der Waals surface area contributed by atoms with Crippen molar-refractivity contribution in [2.45, 2.75) is 33.2 Å². The Bertz CT molecular complexity index is 472. The van der Waals surface area contributed by atoms with Crippen molar-refractivity contribution in [1.29, 1.82) is 0 Å². The van der Waals surface area contributed by atoms with E-state index in [-0.39, 0.29) is 5.91 Å². The molecule has 0 saturated carbocycles. The van der Waals surface area contributed by atoms with Crippen molar-refractivity contribution in [3.63, 3.8) is 0 Å². The minimum absolute atomic E-state index is 0.215. The lowest BCUT2D eigenvalue weighted by Gasteiger charge is -2.18. The first-order valence-electron chi connectivity index (χ1n) is 6.28. The van der Waals surface area contributed by atoms with Crippen molar-refractivity contribution in [1.82, 2.24) is 10.9 Å². The van der Waals surface area contributed by atoms with Crippen LogP contribution in [0.5, 0.6) is 5.75 Å². The highest BCUT2D eigenvalue weighted by molar-refractivity contribution is 5.81. The molecule has 5 heteroatoms. The molecule has 1 atom stereocenters. The van der Waals surface area contributed by atoms with E-state index >= 15 is 0 Å². The van der Waals surface area contributed by atoms with E-state index in [1.165, 1.54) is 0 Å². The van der Waals surface area contributed by atoms with E-state index in [0.29, 0.717) is 6.42 Å². The largest absolute Gasteiger partial charge is 0.496 e. The Morgan fingerprint density at radius 2 is 2.00 bits per heavy atom. The van der Waals surface area contributed by atoms with E-state index < -0.39 is 6.04 Å². The van der Waals surface area contributed by atoms with Crippen molar-refractivity contribution in [3.8, 4) is 5.75 Å². The maximum absolute atomic E-state index is 11.6. The SMILES string of the molecule is CNNC(=O)C(N)Cc1cc(C)c(OC)c(C)c1C. The highest BCUT2D eigenvalue weighted by Crippen LogP contribution is 2.28. The Morgan fingerprint density at radius 3 is 2.53 bits per heavy atom. The lowest BCUT2D eigenvalue weighted by molar-refractivity contribution is -0.123. The van der Waals surface area contributed by atoms with Gasteiger partial charge < -0.3 is 10.5 Å². The molecule has 0 aromatic heterocycles. The molecule has 0 fully saturated rings. The summed E-state index contributed by atoms with van der Waals surface area (Å²) in [5.74, 6) is 0.683. The minimum atomic E-state index is -0.571. The number of benzene rings is 1. The minimum Gasteiger partial charge on any atom is -0.496 e. The van der Waals surface area contributed by atoms with Crippen LogP contribution in [0.2, 0.25) is 0 Å². The number of methoxy groups -OCH3 is 1. The van der Waals surface area contributed by atoms with Gasteiger partial charge in [0, 0.05) is 7.05 Å². The number of rotatable bonds is 5. The Balaban J connectivity index is 3.00. The number of hydrogen-bond donors (Lipinski definition) is 3. The molecular weight excluding hydrogens is 242 g/mol. The summed E-state index contributed by atoms with van der Waals surface area (Å²) in [4.78, 5) is 11.6. The predicted molar refractivity (Wildman–Crippen MR) is 76.1 cm³/mol. The molecule has 0 saturated heterocycles. The molecule has 0 aliphatic heterocycles. The first-order chi connectivity index (χ1) is 8.92. The maximum atomic E-state index is 11.6. The highest BCUT2D eigenvalue weighted by Gasteiger charge is 2.17. The predicted octanol–water partition coefficient (Wildman–Crippen LogP) is 0.741. The first kappa shape index (κ1) is 15.5. The summed E-state index contributed by atoms with van der Waals surface area (Å²) in [6, 6.07) is 1.46. The van der Waals surface area contributed by atoms with Crippen molar-refractivity contribution in [3.05, 3.63) is 28.3 Å². The molecule has 1 aromatic rings. The number of nitrogens with one attached hydrogen (secondary N) is 2. The second kappa shape index (κ2) is 6.54. The summed E-state index contributed by atoms with van der Waals surface area (Å²) in [7, 11) is 3.30. The summed E-state index contributed by atoms with van der Waals surface area (Å²) in [5.41, 5.74) is 15.3. The Labute approximate surface area is 114 Å². The van der Waals surface area contributed by atoms with Gasteiger partial charge in [-0.1, -0.05) is 6.07 Å². The quantitative estimate of drug-likeness (QED) is 0.686. The number of carbonyl (C=O) groups is 1. The summed E-state index contributed by atoms with van der Waals surface area (Å²) in [6.07, 6.45) is 0.505. The Hall–Kier alpha value is -1.59. The van der Waals surface area contributed by atoms with Crippen LogP contribution >= 0.6 is 0 Å². The van der Waals surface area contributed by atoms with Gasteiger partial charge in [0.2, 0.25) is 0 Å². The monoisotopic (exact) mass is 265 g/mol. The molecule has 0 bridgehead atoms. The molecule has 1 amide bonds. The number of hydrogen-bond acceptors (Lipinski definition) is 4. The Kier molecular flexibility index (Phi) is 5.32. The van der Waals surface area contributed by atoms with E-state index in [4.69, 9.17) is 10.5 Å². The van der Waals surface area contributed by atoms with Gasteiger partial charge in [0.25, 0.3) is 5.91 Å². The topological polar surface area (TPSA) is 76.4 Å². The molecule has 0 radical (unpaired) electrons. The summed E-state index contributed by atoms with van der Waals surface area (Å²) in [5, 5.41) is 0. The second-order valence-electron chi connectivity index (χ2n) is 4.69. The average Bonchev–Trinajstić information content (AvgIpc) is 2.36. The van der Waals surface area contributed by atoms with Gasteiger partial charge in [-0.25, -0.2) is 5.43 Å². The smallest absolute Gasteiger partial charge is 0.251 e. The molecule has 19 heavy (non-hydrogen) atoms. The van der Waals surface area contributed by atoms with E-state index in [1.54, 1.807) is 14.2 Å². The molecule has 5 nitrogen and oxygen atoms in total. The zero-order valence-electron chi connectivity index (χ0n) is 12.3. The number of hydrazine groups is 1. The van der Waals surface area contributed by atoms with Crippen molar-refractivity contribution < 1.29 is 9.53 Å². The lowest BCUT2D eigenvalue weighted by Crippen LogP contribution is -2.46. The molecule has 0 spiro atoms. The molecule has 1 aromatic carbocycles. The van der Waals surface area contributed by atoms with Crippen LogP contribution in [-0.4, -0.2) is 26.1 Å². The van der Waals surface area contributed by atoms with Crippen LogP contribution < -0.4 is 21.3 Å². The van der Waals surface area contributed by atoms with Crippen LogP contribution in [0.4, 0.5) is 0 Å².